The van der Waals surface area contributed by atoms with Gasteiger partial charge in [0.15, 0.2) is 17.0 Å². The third-order valence-corrected chi connectivity index (χ3v) is 10.8. The van der Waals surface area contributed by atoms with Crippen LogP contribution in [0.5, 0.6) is 0 Å². The topological polar surface area (TPSA) is 38.9 Å². The summed E-state index contributed by atoms with van der Waals surface area (Å²) in [5.41, 5.74) is 8.46. The lowest BCUT2D eigenvalue weighted by Gasteiger charge is -2.26. The van der Waals surface area contributed by atoms with Crippen molar-refractivity contribution in [3.8, 4) is 0 Å². The molecule has 0 fully saturated rings. The van der Waals surface area contributed by atoms with Crippen molar-refractivity contribution in [1.82, 2.24) is 4.98 Å². The molecule has 28 heavy (non-hydrogen) atoms. The fourth-order valence-corrected chi connectivity index (χ4v) is 10.1. The van der Waals surface area contributed by atoms with Gasteiger partial charge in [0.05, 0.1) is 5.69 Å². The highest BCUT2D eigenvalue weighted by atomic mass is 35.5. The quantitative estimate of drug-likeness (QED) is 0.496. The van der Waals surface area contributed by atoms with E-state index in [4.69, 9.17) is 5.73 Å². The number of hydrogen-bond donors (Lipinski definition) is 1. The van der Waals surface area contributed by atoms with E-state index in [1.54, 1.807) is 11.3 Å². The van der Waals surface area contributed by atoms with E-state index in [2.05, 4.69) is 104 Å². The van der Waals surface area contributed by atoms with Gasteiger partial charge in [0.1, 0.15) is 15.9 Å². The number of thiazole rings is 1. The fourth-order valence-electron chi connectivity index (χ4n) is 3.66. The number of nitrogens with zero attached hydrogens (tertiary/aromatic N) is 1. The van der Waals surface area contributed by atoms with Crippen LogP contribution in [0.25, 0.3) is 0 Å². The molecule has 0 amide bonds. The molecule has 1 heterocycles. The third kappa shape index (κ3) is 3.46. The molecule has 1 aromatic heterocycles. The second-order valence-electron chi connectivity index (χ2n) is 6.62. The van der Waals surface area contributed by atoms with E-state index in [1.165, 1.54) is 26.1 Å². The van der Waals surface area contributed by atoms with Crippen molar-refractivity contribution in [2.45, 2.75) is 13.8 Å². The lowest BCUT2D eigenvalue weighted by molar-refractivity contribution is -0.00000541. The molecular formula is C23H22ClN2PS. The molecule has 0 spiro atoms. The Kier molecular flexibility index (Phi) is 6.20. The Morgan fingerprint density at radius 2 is 1.29 bits per heavy atom. The first-order valence-electron chi connectivity index (χ1n) is 8.93. The van der Waals surface area contributed by atoms with Crippen LogP contribution >= 0.6 is 18.6 Å². The van der Waals surface area contributed by atoms with Crippen LogP contribution in [0.15, 0.2) is 84.9 Å². The molecule has 0 radical (unpaired) electrons. The minimum Gasteiger partial charge on any atom is -1.00 e. The monoisotopic (exact) mass is 424 g/mol. The summed E-state index contributed by atoms with van der Waals surface area (Å²) in [7, 11) is -2.07. The third-order valence-electron chi connectivity index (χ3n) is 4.77. The van der Waals surface area contributed by atoms with Gasteiger partial charge in [-0.1, -0.05) is 59.9 Å². The zero-order valence-corrected chi connectivity index (χ0v) is 18.3. The summed E-state index contributed by atoms with van der Waals surface area (Å²) in [5, 5.41) is 4.63. The van der Waals surface area contributed by atoms with Crippen LogP contribution in [-0.4, -0.2) is 4.98 Å². The number of aryl methyl sites for hydroxylation is 2. The van der Waals surface area contributed by atoms with Crippen LogP contribution in [0.3, 0.4) is 0 Å². The summed E-state index contributed by atoms with van der Waals surface area (Å²) < 4.78 is 1.28. The van der Waals surface area contributed by atoms with Crippen molar-refractivity contribution < 1.29 is 12.4 Å². The first-order chi connectivity index (χ1) is 13.1. The summed E-state index contributed by atoms with van der Waals surface area (Å²) >= 11 is 1.63. The van der Waals surface area contributed by atoms with Gasteiger partial charge in [-0.25, -0.2) is 4.98 Å². The maximum absolute atomic E-state index is 6.17. The standard InChI is InChI=1S/C23H22N2PS.ClH/c1-17-10-9-15-21(16-17)26(19-11-5-3-6-12-19,20-13-7-4-8-14-20)22-18(2)25-23(24)27-22;/h3-16H,1-2H3,(H2,24,25);1H/q+1;/p-1. The normalized spacial score (nSPS) is 11.1. The Bertz CT molecular complexity index is 1020. The van der Waals surface area contributed by atoms with Gasteiger partial charge in [0.2, 0.25) is 0 Å². The van der Waals surface area contributed by atoms with Crippen LogP contribution in [0.2, 0.25) is 0 Å². The molecule has 4 aromatic rings. The molecule has 0 aliphatic rings. The van der Waals surface area contributed by atoms with Gasteiger partial charge in [-0.2, -0.15) is 0 Å². The summed E-state index contributed by atoms with van der Waals surface area (Å²) in [6.07, 6.45) is 0. The highest BCUT2D eigenvalue weighted by Gasteiger charge is 2.50. The average Bonchev–Trinajstić information content (AvgIpc) is 3.03. The molecule has 2 nitrogen and oxygen atoms in total. The predicted octanol–water partition coefficient (Wildman–Crippen LogP) is 0.966. The Morgan fingerprint density at radius 1 is 0.750 bits per heavy atom. The molecule has 0 saturated heterocycles. The maximum Gasteiger partial charge on any atom is 0.186 e. The molecule has 0 bridgehead atoms. The molecule has 0 saturated carbocycles. The lowest BCUT2D eigenvalue weighted by Crippen LogP contribution is -3.00. The highest BCUT2D eigenvalue weighted by Crippen LogP contribution is 2.56. The molecule has 5 heteroatoms. The molecule has 2 N–H and O–H groups in total. The Morgan fingerprint density at radius 3 is 1.75 bits per heavy atom. The average molecular weight is 425 g/mol. The minimum absolute atomic E-state index is 0. The van der Waals surface area contributed by atoms with Gasteiger partial charge in [-0.3, -0.25) is 0 Å². The summed E-state index contributed by atoms with van der Waals surface area (Å²) in [6.45, 7) is 4.24. The lowest BCUT2D eigenvalue weighted by atomic mass is 10.2. The Balaban J connectivity index is 0.00000225. The molecule has 4 rings (SSSR count). The molecule has 0 unspecified atom stereocenters. The van der Waals surface area contributed by atoms with Crippen LogP contribution in [-0.2, 0) is 0 Å². The van der Waals surface area contributed by atoms with Crippen molar-refractivity contribution in [2.75, 3.05) is 5.73 Å². The van der Waals surface area contributed by atoms with Crippen LogP contribution < -0.4 is 38.7 Å². The van der Waals surface area contributed by atoms with E-state index in [0.29, 0.717) is 5.13 Å². The summed E-state index contributed by atoms with van der Waals surface area (Å²) in [6, 6.07) is 30.6. The predicted molar refractivity (Wildman–Crippen MR) is 121 cm³/mol. The van der Waals surface area contributed by atoms with Gasteiger partial charge in [0, 0.05) is 0 Å². The van der Waals surface area contributed by atoms with Crippen molar-refractivity contribution in [3.63, 3.8) is 0 Å². The van der Waals surface area contributed by atoms with Crippen LogP contribution in [0.4, 0.5) is 5.13 Å². The second kappa shape index (κ2) is 8.45. The van der Waals surface area contributed by atoms with E-state index >= 15 is 0 Å². The Labute approximate surface area is 177 Å². The van der Waals surface area contributed by atoms with E-state index < -0.39 is 7.26 Å². The van der Waals surface area contributed by atoms with Gasteiger partial charge < -0.3 is 18.1 Å². The van der Waals surface area contributed by atoms with E-state index in [9.17, 15) is 0 Å². The second-order valence-corrected chi connectivity index (χ2v) is 11.3. The van der Waals surface area contributed by atoms with Crippen LogP contribution in [0, 0.1) is 13.8 Å². The molecule has 142 valence electrons. The van der Waals surface area contributed by atoms with Crippen molar-refractivity contribution in [2.24, 2.45) is 0 Å². The van der Waals surface area contributed by atoms with Crippen LogP contribution in [0.1, 0.15) is 11.3 Å². The molecule has 0 atom stereocenters. The summed E-state index contributed by atoms with van der Waals surface area (Å²) in [5.74, 6) is 0. The van der Waals surface area contributed by atoms with Crippen molar-refractivity contribution >= 4 is 44.3 Å². The Hall–Kier alpha value is -2.19. The van der Waals surface area contributed by atoms with Crippen molar-refractivity contribution in [1.29, 1.82) is 0 Å². The smallest absolute Gasteiger partial charge is 0.186 e. The fraction of sp³-hybridized carbons (Fsp3) is 0.0870. The van der Waals surface area contributed by atoms with Gasteiger partial charge >= 0.3 is 0 Å². The number of rotatable bonds is 4. The number of halogens is 1. The minimum atomic E-state index is -2.07. The number of nitrogen functional groups attached to an aromatic ring is 1. The number of nitrogens with two attached hydrogens (primary N) is 1. The highest BCUT2D eigenvalue weighted by molar-refractivity contribution is 8.04. The zero-order valence-electron chi connectivity index (χ0n) is 15.8. The summed E-state index contributed by atoms with van der Waals surface area (Å²) in [4.78, 5) is 4.60. The SMILES string of the molecule is Cc1cccc([P+](c2ccccc2)(c2ccccc2)c2sc(N)nc2C)c1.[Cl-]. The largest absolute Gasteiger partial charge is 1.00 e. The first-order valence-corrected chi connectivity index (χ1v) is 11.5. The molecule has 3 aromatic carbocycles. The van der Waals surface area contributed by atoms with Gasteiger partial charge in [-0.05, 0) is 55.8 Å². The zero-order chi connectivity index (χ0) is 18.9. The van der Waals surface area contributed by atoms with E-state index in [1.807, 2.05) is 0 Å². The van der Waals surface area contributed by atoms with Crippen molar-refractivity contribution in [3.05, 3.63) is 96.2 Å². The van der Waals surface area contributed by atoms with Gasteiger partial charge in [-0.15, -0.1) is 0 Å². The number of benzene rings is 3. The first kappa shape index (κ1) is 20.5. The molecular weight excluding hydrogens is 403 g/mol. The molecule has 0 aliphatic heterocycles. The van der Waals surface area contributed by atoms with E-state index in [0.717, 1.165) is 5.69 Å². The number of anilines is 1. The van der Waals surface area contributed by atoms with Gasteiger partial charge in [0.25, 0.3) is 0 Å². The molecule has 0 aliphatic carbocycles. The number of aromatic nitrogens is 1. The number of hydrogen-bond acceptors (Lipinski definition) is 3. The van der Waals surface area contributed by atoms with E-state index in [-0.39, 0.29) is 12.4 Å². The maximum atomic E-state index is 6.17.